The lowest BCUT2D eigenvalue weighted by Gasteiger charge is -2.02. The number of nitrogens with one attached hydrogen (secondary N) is 2. The molecule has 3 aromatic rings. The molecule has 0 aliphatic carbocycles. The minimum Gasteiger partial charge on any atom is -0.301 e. The first kappa shape index (κ1) is 15.7. The number of aromatic amines is 1. The van der Waals surface area contributed by atoms with E-state index in [9.17, 15) is 9.59 Å². The average Bonchev–Trinajstić information content (AvgIpc) is 2.85. The van der Waals surface area contributed by atoms with Crippen LogP contribution in [0.2, 0.25) is 0 Å². The van der Waals surface area contributed by atoms with Gasteiger partial charge in [0.1, 0.15) is 0 Å². The van der Waals surface area contributed by atoms with Gasteiger partial charge in [0.15, 0.2) is 10.3 Å². The third-order valence-corrected chi connectivity index (χ3v) is 4.80. The lowest BCUT2D eigenvalue weighted by molar-refractivity contribution is -0.113. The van der Waals surface area contributed by atoms with Gasteiger partial charge in [-0.1, -0.05) is 29.2 Å². The van der Waals surface area contributed by atoms with Crippen LogP contribution in [0.25, 0.3) is 10.2 Å². The molecule has 0 fully saturated rings. The Bertz CT molecular complexity index is 933. The zero-order valence-electron chi connectivity index (χ0n) is 12.5. The van der Waals surface area contributed by atoms with Crippen LogP contribution in [0.15, 0.2) is 34.2 Å². The van der Waals surface area contributed by atoms with Crippen LogP contribution < -0.4 is 10.9 Å². The van der Waals surface area contributed by atoms with Crippen LogP contribution >= 0.6 is 23.1 Å². The summed E-state index contributed by atoms with van der Waals surface area (Å²) in [7, 11) is 0. The predicted molar refractivity (Wildman–Crippen MR) is 93.3 cm³/mol. The lowest BCUT2D eigenvalue weighted by atomic mass is 10.2. The Balaban J connectivity index is 1.65. The van der Waals surface area contributed by atoms with E-state index in [4.69, 9.17) is 0 Å². The normalized spacial score (nSPS) is 10.9. The molecule has 0 saturated heterocycles. The molecule has 118 valence electrons. The van der Waals surface area contributed by atoms with Crippen molar-refractivity contribution in [3.05, 3.63) is 45.9 Å². The van der Waals surface area contributed by atoms with Crippen LogP contribution in [0.1, 0.15) is 11.3 Å². The van der Waals surface area contributed by atoms with Gasteiger partial charge in [-0.25, -0.2) is 9.97 Å². The van der Waals surface area contributed by atoms with Gasteiger partial charge in [-0.15, -0.1) is 0 Å². The number of fused-ring (bicyclic) bond motifs is 1. The summed E-state index contributed by atoms with van der Waals surface area (Å²) < 4.78 is 1.03. The van der Waals surface area contributed by atoms with E-state index in [1.165, 1.54) is 29.2 Å². The van der Waals surface area contributed by atoms with Crippen LogP contribution in [0.4, 0.5) is 5.13 Å². The quantitative estimate of drug-likeness (QED) is 0.560. The van der Waals surface area contributed by atoms with Crippen LogP contribution in [-0.4, -0.2) is 26.6 Å². The van der Waals surface area contributed by atoms with Crippen LogP contribution in [0.3, 0.4) is 0 Å². The molecule has 2 N–H and O–H groups in total. The SMILES string of the molecule is Cc1ccc2sc(NC(=O)CSc3nc(C)cc(=O)[nH]3)nc2c1. The molecule has 2 aromatic heterocycles. The highest BCUT2D eigenvalue weighted by Gasteiger charge is 2.09. The predicted octanol–water partition coefficient (Wildman–Crippen LogP) is 2.73. The largest absolute Gasteiger partial charge is 0.301 e. The van der Waals surface area contributed by atoms with Crippen LogP contribution in [0, 0.1) is 13.8 Å². The summed E-state index contributed by atoms with van der Waals surface area (Å²) in [5.74, 6) is -0.0311. The van der Waals surface area contributed by atoms with Crippen molar-refractivity contribution in [1.82, 2.24) is 15.0 Å². The number of benzene rings is 1. The molecule has 0 atom stereocenters. The van der Waals surface area contributed by atoms with Crippen molar-refractivity contribution in [1.29, 1.82) is 0 Å². The molecule has 0 spiro atoms. The maximum absolute atomic E-state index is 12.0. The van der Waals surface area contributed by atoms with Crippen molar-refractivity contribution in [2.75, 3.05) is 11.1 Å². The van der Waals surface area contributed by atoms with Gasteiger partial charge in [0.05, 0.1) is 16.0 Å². The summed E-state index contributed by atoms with van der Waals surface area (Å²) in [6.45, 7) is 3.74. The number of thioether (sulfide) groups is 1. The van der Waals surface area contributed by atoms with Crippen molar-refractivity contribution >= 4 is 44.4 Å². The first-order chi connectivity index (χ1) is 11.0. The number of aromatic nitrogens is 3. The molecule has 0 aliphatic heterocycles. The van der Waals surface area contributed by atoms with E-state index in [1.807, 2.05) is 25.1 Å². The van der Waals surface area contributed by atoms with Gasteiger partial charge in [-0.2, -0.15) is 0 Å². The van der Waals surface area contributed by atoms with Crippen molar-refractivity contribution in [2.24, 2.45) is 0 Å². The summed E-state index contributed by atoms with van der Waals surface area (Å²) >= 11 is 2.62. The Labute approximate surface area is 140 Å². The van der Waals surface area contributed by atoms with Gasteiger partial charge in [0.2, 0.25) is 5.91 Å². The standard InChI is InChI=1S/C15H14N4O2S2/c1-8-3-4-11-10(5-8)17-15(23-11)19-13(21)7-22-14-16-9(2)6-12(20)18-14/h3-6H,7H2,1-2H3,(H,16,18,20)(H,17,19,21). The molecular formula is C15H14N4O2S2. The maximum Gasteiger partial charge on any atom is 0.251 e. The molecule has 6 nitrogen and oxygen atoms in total. The number of hydrogen-bond acceptors (Lipinski definition) is 6. The number of amides is 1. The zero-order valence-corrected chi connectivity index (χ0v) is 14.2. The van der Waals surface area contributed by atoms with E-state index in [1.54, 1.807) is 6.92 Å². The number of thiazole rings is 1. The minimum absolute atomic E-state index is 0.154. The Morgan fingerprint density at radius 3 is 2.91 bits per heavy atom. The highest BCUT2D eigenvalue weighted by atomic mass is 32.2. The highest BCUT2D eigenvalue weighted by Crippen LogP contribution is 2.26. The number of aryl methyl sites for hydroxylation is 2. The number of H-pyrrole nitrogens is 1. The Morgan fingerprint density at radius 1 is 1.30 bits per heavy atom. The molecule has 1 amide bonds. The van der Waals surface area contributed by atoms with E-state index in [2.05, 4.69) is 20.3 Å². The van der Waals surface area contributed by atoms with E-state index in [0.717, 1.165) is 15.8 Å². The van der Waals surface area contributed by atoms with E-state index in [0.29, 0.717) is 16.0 Å². The number of carbonyl (C=O) groups is 1. The molecule has 0 radical (unpaired) electrons. The number of rotatable bonds is 4. The molecule has 2 heterocycles. The molecular weight excluding hydrogens is 332 g/mol. The summed E-state index contributed by atoms with van der Waals surface area (Å²) in [6.07, 6.45) is 0. The van der Waals surface area contributed by atoms with Crippen LogP contribution in [0.5, 0.6) is 0 Å². The Hall–Kier alpha value is -2.19. The zero-order chi connectivity index (χ0) is 16.4. The molecule has 3 rings (SSSR count). The average molecular weight is 346 g/mol. The monoisotopic (exact) mass is 346 g/mol. The third kappa shape index (κ3) is 3.96. The Kier molecular flexibility index (Phi) is 4.44. The fraction of sp³-hybridized carbons (Fsp3) is 0.200. The van der Waals surface area contributed by atoms with E-state index in [-0.39, 0.29) is 17.2 Å². The second kappa shape index (κ2) is 6.51. The van der Waals surface area contributed by atoms with E-state index >= 15 is 0 Å². The molecule has 1 aromatic carbocycles. The van der Waals surface area contributed by atoms with Gasteiger partial charge in [-0.3, -0.25) is 9.59 Å². The minimum atomic E-state index is -0.220. The van der Waals surface area contributed by atoms with Gasteiger partial charge < -0.3 is 10.3 Å². The van der Waals surface area contributed by atoms with Gasteiger partial charge in [-0.05, 0) is 31.5 Å². The number of carbonyl (C=O) groups excluding carboxylic acids is 1. The molecule has 0 saturated carbocycles. The van der Waals surface area contributed by atoms with Crippen molar-refractivity contribution in [3.8, 4) is 0 Å². The topological polar surface area (TPSA) is 87.7 Å². The van der Waals surface area contributed by atoms with Crippen molar-refractivity contribution in [3.63, 3.8) is 0 Å². The van der Waals surface area contributed by atoms with Crippen molar-refractivity contribution in [2.45, 2.75) is 19.0 Å². The first-order valence-electron chi connectivity index (χ1n) is 6.87. The molecule has 0 bridgehead atoms. The van der Waals surface area contributed by atoms with Crippen LogP contribution in [-0.2, 0) is 4.79 Å². The van der Waals surface area contributed by atoms with Gasteiger partial charge in [0, 0.05) is 11.8 Å². The fourth-order valence-electron chi connectivity index (χ4n) is 2.00. The van der Waals surface area contributed by atoms with E-state index < -0.39 is 0 Å². The third-order valence-electron chi connectivity index (χ3n) is 2.98. The molecule has 0 aliphatic rings. The molecule has 0 unspecified atom stereocenters. The second-order valence-electron chi connectivity index (χ2n) is 5.02. The smallest absolute Gasteiger partial charge is 0.251 e. The maximum atomic E-state index is 12.0. The first-order valence-corrected chi connectivity index (χ1v) is 8.67. The lowest BCUT2D eigenvalue weighted by Crippen LogP contribution is -2.15. The molecule has 23 heavy (non-hydrogen) atoms. The summed E-state index contributed by atoms with van der Waals surface area (Å²) in [5.41, 5.74) is 2.41. The Morgan fingerprint density at radius 2 is 2.13 bits per heavy atom. The van der Waals surface area contributed by atoms with Gasteiger partial charge in [0.25, 0.3) is 5.56 Å². The highest BCUT2D eigenvalue weighted by molar-refractivity contribution is 7.99. The summed E-state index contributed by atoms with van der Waals surface area (Å²) in [5, 5.41) is 3.78. The van der Waals surface area contributed by atoms with Gasteiger partial charge >= 0.3 is 0 Å². The number of hydrogen-bond donors (Lipinski definition) is 2. The molecule has 8 heteroatoms. The number of anilines is 1. The second-order valence-corrected chi connectivity index (χ2v) is 7.01. The van der Waals surface area contributed by atoms with Crippen molar-refractivity contribution < 1.29 is 4.79 Å². The summed E-state index contributed by atoms with van der Waals surface area (Å²) in [4.78, 5) is 34.5. The summed E-state index contributed by atoms with van der Waals surface area (Å²) in [6, 6.07) is 7.40. The number of nitrogens with zero attached hydrogens (tertiary/aromatic N) is 2. The fourth-order valence-corrected chi connectivity index (χ4v) is 3.58.